The van der Waals surface area contributed by atoms with Crippen molar-refractivity contribution in [3.63, 3.8) is 0 Å². The molecule has 0 spiro atoms. The molecule has 3 aromatic rings. The Morgan fingerprint density at radius 3 is 2.13 bits per heavy atom. The second-order valence-corrected chi connectivity index (χ2v) is 8.16. The first-order chi connectivity index (χ1) is 14.5. The van der Waals surface area contributed by atoms with Crippen molar-refractivity contribution in [2.24, 2.45) is 11.8 Å². The summed E-state index contributed by atoms with van der Waals surface area (Å²) in [5.74, 6) is 0.413. The van der Waals surface area contributed by atoms with Gasteiger partial charge in [0.15, 0.2) is 0 Å². The van der Waals surface area contributed by atoms with Crippen molar-refractivity contribution in [1.82, 2.24) is 0 Å². The Hall–Kier alpha value is -3.14. The van der Waals surface area contributed by atoms with Crippen LogP contribution in [0.4, 0.5) is 0 Å². The van der Waals surface area contributed by atoms with E-state index in [1.165, 1.54) is 6.42 Å². The molecule has 1 aliphatic rings. The zero-order valence-corrected chi connectivity index (χ0v) is 17.4. The van der Waals surface area contributed by atoms with Crippen LogP contribution in [0.5, 0.6) is 11.5 Å². The molecule has 0 amide bonds. The van der Waals surface area contributed by atoms with Crippen molar-refractivity contribution in [2.45, 2.75) is 39.5 Å². The predicted molar refractivity (Wildman–Crippen MR) is 117 cm³/mol. The molecule has 1 saturated carbocycles. The van der Waals surface area contributed by atoms with E-state index in [4.69, 9.17) is 9.47 Å². The number of benzene rings is 3. The zero-order chi connectivity index (χ0) is 21.1. The van der Waals surface area contributed by atoms with Crippen molar-refractivity contribution in [2.75, 3.05) is 0 Å². The number of esters is 2. The van der Waals surface area contributed by atoms with Gasteiger partial charge in [-0.3, -0.25) is 4.79 Å². The van der Waals surface area contributed by atoms with Crippen LogP contribution < -0.4 is 9.47 Å². The van der Waals surface area contributed by atoms with Crippen LogP contribution in [0, 0.1) is 18.8 Å². The van der Waals surface area contributed by atoms with Gasteiger partial charge in [0.1, 0.15) is 11.5 Å². The largest absolute Gasteiger partial charge is 0.426 e. The Labute approximate surface area is 176 Å². The topological polar surface area (TPSA) is 52.6 Å². The number of aryl methyl sites for hydroxylation is 1. The van der Waals surface area contributed by atoms with E-state index in [0.29, 0.717) is 28.4 Å². The Balaban J connectivity index is 1.64. The third-order valence-corrected chi connectivity index (χ3v) is 5.94. The van der Waals surface area contributed by atoms with E-state index < -0.39 is 5.97 Å². The summed E-state index contributed by atoms with van der Waals surface area (Å²) in [5.41, 5.74) is 1.55. The first-order valence-electron chi connectivity index (χ1n) is 10.6. The Morgan fingerprint density at radius 2 is 1.47 bits per heavy atom. The summed E-state index contributed by atoms with van der Waals surface area (Å²) in [6.07, 6.45) is 4.13. The van der Waals surface area contributed by atoms with Gasteiger partial charge in [-0.2, -0.15) is 0 Å². The maximum Gasteiger partial charge on any atom is 0.343 e. The molecule has 0 bridgehead atoms. The number of rotatable bonds is 4. The third-order valence-electron chi connectivity index (χ3n) is 5.94. The average molecular weight is 402 g/mol. The fourth-order valence-electron chi connectivity index (χ4n) is 4.14. The van der Waals surface area contributed by atoms with E-state index in [0.717, 1.165) is 30.2 Å². The zero-order valence-electron chi connectivity index (χ0n) is 17.4. The summed E-state index contributed by atoms with van der Waals surface area (Å²) in [6, 6.07) is 18.2. The van der Waals surface area contributed by atoms with Crippen LogP contribution in [0.2, 0.25) is 0 Å². The quantitative estimate of drug-likeness (QED) is 0.391. The predicted octanol–water partition coefficient (Wildman–Crippen LogP) is 6.10. The molecule has 30 heavy (non-hydrogen) atoms. The third kappa shape index (κ3) is 4.23. The fraction of sp³-hybridized carbons (Fsp3) is 0.308. The van der Waals surface area contributed by atoms with Gasteiger partial charge in [-0.1, -0.05) is 61.7 Å². The number of fused-ring (bicyclic) bond motifs is 1. The summed E-state index contributed by atoms with van der Waals surface area (Å²) in [6.45, 7) is 4.08. The van der Waals surface area contributed by atoms with E-state index in [2.05, 4.69) is 6.92 Å². The molecule has 4 heteroatoms. The highest BCUT2D eigenvalue weighted by atomic mass is 16.5. The van der Waals surface area contributed by atoms with Crippen LogP contribution in [0.25, 0.3) is 10.8 Å². The Morgan fingerprint density at radius 1 is 0.833 bits per heavy atom. The van der Waals surface area contributed by atoms with Crippen molar-refractivity contribution in [1.29, 1.82) is 0 Å². The first kappa shape index (κ1) is 20.1. The SMILES string of the molecule is Cc1ccc(C(=O)Oc2cccc3cccc(OC(=O)C4CCCCC4C)c23)cc1. The molecule has 2 unspecified atom stereocenters. The molecule has 0 N–H and O–H groups in total. The van der Waals surface area contributed by atoms with Crippen molar-refractivity contribution < 1.29 is 19.1 Å². The number of carbonyl (C=O) groups is 2. The minimum Gasteiger partial charge on any atom is -0.426 e. The van der Waals surface area contributed by atoms with Gasteiger partial charge in [0, 0.05) is 0 Å². The molecular formula is C26H26O4. The van der Waals surface area contributed by atoms with Gasteiger partial charge < -0.3 is 9.47 Å². The van der Waals surface area contributed by atoms with E-state index >= 15 is 0 Å². The van der Waals surface area contributed by atoms with Crippen LogP contribution in [-0.2, 0) is 4.79 Å². The van der Waals surface area contributed by atoms with Gasteiger partial charge in [0.2, 0.25) is 0 Å². The molecule has 0 aromatic heterocycles. The lowest BCUT2D eigenvalue weighted by Crippen LogP contribution is -2.29. The summed E-state index contributed by atoms with van der Waals surface area (Å²) < 4.78 is 11.6. The maximum absolute atomic E-state index is 12.9. The molecule has 3 aromatic carbocycles. The molecule has 1 fully saturated rings. The molecular weight excluding hydrogens is 376 g/mol. The number of carbonyl (C=O) groups excluding carboxylic acids is 2. The molecule has 0 radical (unpaired) electrons. The number of hydrogen-bond donors (Lipinski definition) is 0. The van der Waals surface area contributed by atoms with Crippen LogP contribution >= 0.6 is 0 Å². The van der Waals surface area contributed by atoms with Crippen LogP contribution in [0.3, 0.4) is 0 Å². The van der Waals surface area contributed by atoms with Crippen molar-refractivity contribution in [3.8, 4) is 11.5 Å². The number of hydrogen-bond acceptors (Lipinski definition) is 4. The maximum atomic E-state index is 12.9. The van der Waals surface area contributed by atoms with E-state index in [-0.39, 0.29) is 11.9 Å². The average Bonchev–Trinajstić information content (AvgIpc) is 2.74. The van der Waals surface area contributed by atoms with Gasteiger partial charge in [-0.15, -0.1) is 0 Å². The molecule has 154 valence electrons. The minimum absolute atomic E-state index is 0.0868. The lowest BCUT2D eigenvalue weighted by molar-refractivity contribution is -0.141. The minimum atomic E-state index is -0.440. The molecule has 2 atom stereocenters. The van der Waals surface area contributed by atoms with Gasteiger partial charge in [-0.05, 0) is 55.3 Å². The molecule has 1 aliphatic carbocycles. The van der Waals surface area contributed by atoms with Gasteiger partial charge in [0.25, 0.3) is 0 Å². The van der Waals surface area contributed by atoms with Gasteiger partial charge in [-0.25, -0.2) is 4.79 Å². The molecule has 0 saturated heterocycles. The Kier molecular flexibility index (Phi) is 5.84. The van der Waals surface area contributed by atoms with Gasteiger partial charge >= 0.3 is 11.9 Å². The lowest BCUT2D eigenvalue weighted by Gasteiger charge is -2.26. The second kappa shape index (κ2) is 8.70. The first-order valence-corrected chi connectivity index (χ1v) is 10.6. The smallest absolute Gasteiger partial charge is 0.343 e. The molecule has 0 heterocycles. The Bertz CT molecular complexity index is 1060. The fourth-order valence-corrected chi connectivity index (χ4v) is 4.14. The van der Waals surface area contributed by atoms with Crippen molar-refractivity contribution >= 4 is 22.7 Å². The molecule has 4 nitrogen and oxygen atoms in total. The lowest BCUT2D eigenvalue weighted by atomic mass is 9.80. The summed E-state index contributed by atoms with van der Waals surface area (Å²) >= 11 is 0. The highest BCUT2D eigenvalue weighted by Crippen LogP contribution is 2.36. The van der Waals surface area contributed by atoms with E-state index in [9.17, 15) is 9.59 Å². The second-order valence-electron chi connectivity index (χ2n) is 8.16. The summed E-state index contributed by atoms with van der Waals surface area (Å²) in [5, 5.41) is 1.49. The highest BCUT2D eigenvalue weighted by molar-refractivity contribution is 5.99. The normalized spacial score (nSPS) is 18.7. The van der Waals surface area contributed by atoms with Crippen LogP contribution in [0.1, 0.15) is 48.5 Å². The monoisotopic (exact) mass is 402 g/mol. The summed E-state index contributed by atoms with van der Waals surface area (Å²) in [7, 11) is 0. The number of ether oxygens (including phenoxy) is 2. The standard InChI is InChI=1S/C26H26O4/c1-17-13-15-20(16-14-17)25(27)29-22-11-5-8-19-9-6-12-23(24(19)22)30-26(28)21-10-4-3-7-18(21)2/h5-6,8-9,11-16,18,21H,3-4,7,10H2,1-2H3. The highest BCUT2D eigenvalue weighted by Gasteiger charge is 2.30. The summed E-state index contributed by atoms with van der Waals surface area (Å²) in [4.78, 5) is 25.5. The van der Waals surface area contributed by atoms with Gasteiger partial charge in [0.05, 0.1) is 16.9 Å². The van der Waals surface area contributed by atoms with Crippen LogP contribution in [-0.4, -0.2) is 11.9 Å². The van der Waals surface area contributed by atoms with E-state index in [1.54, 1.807) is 24.3 Å². The van der Waals surface area contributed by atoms with Crippen LogP contribution in [0.15, 0.2) is 60.7 Å². The molecule has 0 aliphatic heterocycles. The van der Waals surface area contributed by atoms with E-state index in [1.807, 2.05) is 43.3 Å². The molecule has 4 rings (SSSR count). The van der Waals surface area contributed by atoms with Crippen molar-refractivity contribution in [3.05, 3.63) is 71.8 Å².